The van der Waals surface area contributed by atoms with Gasteiger partial charge in [0.25, 0.3) is 5.91 Å². The Balaban J connectivity index is 1.95. The summed E-state index contributed by atoms with van der Waals surface area (Å²) in [4.78, 5) is 26.6. The van der Waals surface area contributed by atoms with Gasteiger partial charge in [-0.1, -0.05) is 12.8 Å². The molecule has 0 radical (unpaired) electrons. The third-order valence-electron chi connectivity index (χ3n) is 5.48. The highest BCUT2D eigenvalue weighted by Crippen LogP contribution is 2.40. The summed E-state index contributed by atoms with van der Waals surface area (Å²) in [5.41, 5.74) is 1.12. The molecule has 1 saturated heterocycles. The summed E-state index contributed by atoms with van der Waals surface area (Å²) in [6.45, 7) is 7.99. The molecule has 0 bridgehead atoms. The van der Waals surface area contributed by atoms with Crippen molar-refractivity contribution in [3.63, 3.8) is 0 Å². The van der Waals surface area contributed by atoms with Crippen LogP contribution >= 0.6 is 0 Å². The number of hydrogen-bond acceptors (Lipinski definition) is 3. The van der Waals surface area contributed by atoms with Crippen molar-refractivity contribution in [2.75, 3.05) is 0 Å². The van der Waals surface area contributed by atoms with E-state index >= 15 is 0 Å². The molecule has 24 heavy (non-hydrogen) atoms. The first-order valence-corrected chi connectivity index (χ1v) is 8.82. The molecule has 2 aliphatic rings. The van der Waals surface area contributed by atoms with E-state index in [0.29, 0.717) is 17.9 Å². The van der Waals surface area contributed by atoms with Crippen molar-refractivity contribution < 1.29 is 14.7 Å². The largest absolute Gasteiger partial charge is 0.480 e. The molecular weight excluding hydrogens is 306 g/mol. The van der Waals surface area contributed by atoms with E-state index in [2.05, 4.69) is 5.10 Å². The molecule has 1 aliphatic heterocycles. The van der Waals surface area contributed by atoms with E-state index in [1.54, 1.807) is 11.1 Å². The summed E-state index contributed by atoms with van der Waals surface area (Å²) in [6, 6.07) is -0.646. The molecule has 3 atom stereocenters. The zero-order chi connectivity index (χ0) is 17.6. The maximum Gasteiger partial charge on any atom is 0.326 e. The summed E-state index contributed by atoms with van der Waals surface area (Å²) in [5.74, 6) is -0.745. The van der Waals surface area contributed by atoms with E-state index in [0.717, 1.165) is 31.4 Å². The van der Waals surface area contributed by atoms with Crippen molar-refractivity contribution in [2.45, 2.75) is 77.4 Å². The Morgan fingerprint density at radius 1 is 1.25 bits per heavy atom. The quantitative estimate of drug-likeness (QED) is 0.903. The van der Waals surface area contributed by atoms with Crippen LogP contribution in [0.3, 0.4) is 0 Å². The van der Waals surface area contributed by atoms with E-state index in [9.17, 15) is 14.7 Å². The fraction of sp³-hybridized carbons (Fsp3) is 0.722. The van der Waals surface area contributed by atoms with E-state index < -0.39 is 12.0 Å². The molecule has 0 unspecified atom stereocenters. The summed E-state index contributed by atoms with van der Waals surface area (Å²) < 4.78 is 1.84. The number of likely N-dealkylation sites (tertiary alicyclic amines) is 1. The molecular formula is C18H27N3O3. The van der Waals surface area contributed by atoms with Crippen LogP contribution in [0.4, 0.5) is 0 Å². The molecule has 6 heteroatoms. The van der Waals surface area contributed by atoms with Gasteiger partial charge in [-0.05, 0) is 52.9 Å². The molecule has 2 fully saturated rings. The lowest BCUT2D eigenvalue weighted by molar-refractivity contribution is -0.141. The van der Waals surface area contributed by atoms with E-state index in [4.69, 9.17) is 0 Å². The van der Waals surface area contributed by atoms with E-state index in [-0.39, 0.29) is 17.5 Å². The number of carbonyl (C=O) groups is 2. The number of nitrogens with zero attached hydrogens (tertiary/aromatic N) is 3. The molecule has 0 aromatic carbocycles. The van der Waals surface area contributed by atoms with Crippen molar-refractivity contribution in [3.05, 3.63) is 17.5 Å². The fourth-order valence-electron chi connectivity index (χ4n) is 4.41. The molecule has 1 saturated carbocycles. The number of hydrogen-bond donors (Lipinski definition) is 1. The number of aliphatic carboxylic acids is 1. The van der Waals surface area contributed by atoms with Crippen LogP contribution in [0.25, 0.3) is 0 Å². The minimum absolute atomic E-state index is 0.0599. The zero-order valence-electron chi connectivity index (χ0n) is 15.0. The van der Waals surface area contributed by atoms with Gasteiger partial charge >= 0.3 is 5.97 Å². The second-order valence-electron chi connectivity index (χ2n) is 8.14. The third-order valence-corrected chi connectivity index (χ3v) is 5.48. The topological polar surface area (TPSA) is 75.4 Å². The van der Waals surface area contributed by atoms with Gasteiger partial charge in [0, 0.05) is 11.7 Å². The number of carboxylic acid groups (broad SMARTS) is 1. The SMILES string of the molecule is Cc1c(C(=O)N2[C@H](C(=O)O)C[C@H]3CCCC[C@@H]32)cnn1C(C)(C)C. The molecule has 1 aromatic rings. The molecule has 1 N–H and O–H groups in total. The van der Waals surface area contributed by atoms with Crippen LogP contribution in [-0.2, 0) is 10.3 Å². The minimum Gasteiger partial charge on any atom is -0.480 e. The summed E-state index contributed by atoms with van der Waals surface area (Å²) in [7, 11) is 0. The predicted molar refractivity (Wildman–Crippen MR) is 89.9 cm³/mol. The molecule has 6 nitrogen and oxygen atoms in total. The van der Waals surface area contributed by atoms with Gasteiger partial charge in [-0.3, -0.25) is 9.48 Å². The highest BCUT2D eigenvalue weighted by molar-refractivity contribution is 5.98. The first-order valence-electron chi connectivity index (χ1n) is 8.82. The van der Waals surface area contributed by atoms with Gasteiger partial charge in [-0.25, -0.2) is 4.79 Å². The van der Waals surface area contributed by atoms with Crippen LogP contribution in [0.2, 0.25) is 0 Å². The average Bonchev–Trinajstić information content (AvgIpc) is 3.06. The lowest BCUT2D eigenvalue weighted by Crippen LogP contribution is -2.46. The summed E-state index contributed by atoms with van der Waals surface area (Å²) in [5, 5.41) is 14.0. The minimum atomic E-state index is -0.890. The Morgan fingerprint density at radius 3 is 2.50 bits per heavy atom. The smallest absolute Gasteiger partial charge is 0.326 e. The lowest BCUT2D eigenvalue weighted by atomic mass is 9.84. The Bertz CT molecular complexity index is 659. The number of carbonyl (C=O) groups excluding carboxylic acids is 1. The first-order chi connectivity index (χ1) is 11.2. The normalized spacial score (nSPS) is 27.2. The van der Waals surface area contributed by atoms with Crippen molar-refractivity contribution >= 4 is 11.9 Å². The number of aromatic nitrogens is 2. The Morgan fingerprint density at radius 2 is 1.92 bits per heavy atom. The van der Waals surface area contributed by atoms with Crippen molar-refractivity contribution in [1.82, 2.24) is 14.7 Å². The average molecular weight is 333 g/mol. The van der Waals surface area contributed by atoms with Gasteiger partial charge in [-0.15, -0.1) is 0 Å². The number of fused-ring (bicyclic) bond motifs is 1. The second-order valence-corrected chi connectivity index (χ2v) is 8.14. The third kappa shape index (κ3) is 2.72. The number of amides is 1. The van der Waals surface area contributed by atoms with Crippen LogP contribution < -0.4 is 0 Å². The maximum absolute atomic E-state index is 13.2. The molecule has 2 heterocycles. The second kappa shape index (κ2) is 5.90. The van der Waals surface area contributed by atoms with Gasteiger partial charge < -0.3 is 10.0 Å². The summed E-state index contributed by atoms with van der Waals surface area (Å²) >= 11 is 0. The van der Waals surface area contributed by atoms with Crippen LogP contribution in [-0.4, -0.2) is 43.7 Å². The van der Waals surface area contributed by atoms with Gasteiger partial charge in [0.1, 0.15) is 6.04 Å². The number of rotatable bonds is 2. The van der Waals surface area contributed by atoms with Crippen LogP contribution in [0.1, 0.15) is 68.9 Å². The van der Waals surface area contributed by atoms with Crippen molar-refractivity contribution in [3.8, 4) is 0 Å². The highest BCUT2D eigenvalue weighted by Gasteiger charge is 2.48. The van der Waals surface area contributed by atoms with Gasteiger partial charge in [0.15, 0.2) is 0 Å². The first kappa shape index (κ1) is 17.0. The van der Waals surface area contributed by atoms with Gasteiger partial charge in [-0.2, -0.15) is 5.10 Å². The standard InChI is InChI=1S/C18H27N3O3/c1-11-13(10-19-21(11)18(2,3)4)16(22)20-14-8-6-5-7-12(14)9-15(20)17(23)24/h10,12,14-15H,5-9H2,1-4H3,(H,23,24)/t12-,14+,15+/m1/s1. The lowest BCUT2D eigenvalue weighted by Gasteiger charge is -2.33. The van der Waals surface area contributed by atoms with Crippen LogP contribution in [0.5, 0.6) is 0 Å². The Kier molecular flexibility index (Phi) is 4.18. The van der Waals surface area contributed by atoms with E-state index in [1.165, 1.54) is 0 Å². The van der Waals surface area contributed by atoms with Gasteiger partial charge in [0.2, 0.25) is 0 Å². The molecule has 1 aromatic heterocycles. The Labute approximate surface area is 142 Å². The summed E-state index contributed by atoms with van der Waals surface area (Å²) in [6.07, 6.45) is 6.31. The van der Waals surface area contributed by atoms with Crippen LogP contribution in [0.15, 0.2) is 6.20 Å². The fourth-order valence-corrected chi connectivity index (χ4v) is 4.41. The molecule has 3 rings (SSSR count). The molecule has 132 valence electrons. The molecule has 1 aliphatic carbocycles. The zero-order valence-corrected chi connectivity index (χ0v) is 15.0. The molecule has 0 spiro atoms. The maximum atomic E-state index is 13.2. The highest BCUT2D eigenvalue weighted by atomic mass is 16.4. The van der Waals surface area contributed by atoms with Crippen LogP contribution in [0, 0.1) is 12.8 Å². The molecule has 1 amide bonds. The predicted octanol–water partition coefficient (Wildman–Crippen LogP) is 2.80. The number of carboxylic acids is 1. The van der Waals surface area contributed by atoms with Gasteiger partial charge in [0.05, 0.1) is 17.3 Å². The van der Waals surface area contributed by atoms with Crippen molar-refractivity contribution in [2.24, 2.45) is 5.92 Å². The Hall–Kier alpha value is -1.85. The van der Waals surface area contributed by atoms with E-state index in [1.807, 2.05) is 32.4 Å². The van der Waals surface area contributed by atoms with Crippen molar-refractivity contribution in [1.29, 1.82) is 0 Å². The monoisotopic (exact) mass is 333 g/mol.